The van der Waals surface area contributed by atoms with Crippen LogP contribution in [0.15, 0.2) is 6.07 Å². The van der Waals surface area contributed by atoms with Gasteiger partial charge < -0.3 is 0 Å². The molecular formula is C17H31N3O. The fraction of sp³-hybridized carbons (Fsp3) is 0.765. The molecule has 1 aromatic heterocycles. The Balaban J connectivity index is 3.03. The molecule has 4 nitrogen and oxygen atoms in total. The highest BCUT2D eigenvalue weighted by Gasteiger charge is 2.39. The average molecular weight is 293 g/mol. The monoisotopic (exact) mass is 293 g/mol. The van der Waals surface area contributed by atoms with Gasteiger partial charge in [-0.1, -0.05) is 34.6 Å². The summed E-state index contributed by atoms with van der Waals surface area (Å²) in [6, 6.07) is 2.07. The van der Waals surface area contributed by atoms with E-state index in [-0.39, 0.29) is 5.54 Å². The van der Waals surface area contributed by atoms with Crippen LogP contribution in [-0.4, -0.2) is 39.1 Å². The zero-order valence-electron chi connectivity index (χ0n) is 14.6. The van der Waals surface area contributed by atoms with Crippen LogP contribution < -0.4 is 0 Å². The Morgan fingerprint density at radius 3 is 2.14 bits per heavy atom. The molecule has 1 aromatic rings. The Morgan fingerprint density at radius 2 is 1.76 bits per heavy atom. The molecule has 0 N–H and O–H groups in total. The Morgan fingerprint density at radius 1 is 1.19 bits per heavy atom. The van der Waals surface area contributed by atoms with Gasteiger partial charge in [-0.2, -0.15) is 5.10 Å². The lowest BCUT2D eigenvalue weighted by Crippen LogP contribution is -2.54. The Bertz CT molecular complexity index is 457. The molecule has 0 saturated carbocycles. The van der Waals surface area contributed by atoms with Gasteiger partial charge in [-0.05, 0) is 38.4 Å². The van der Waals surface area contributed by atoms with Gasteiger partial charge in [0.05, 0.1) is 17.7 Å². The normalized spacial score (nSPS) is 12.1. The molecule has 0 aliphatic rings. The van der Waals surface area contributed by atoms with E-state index in [1.807, 2.05) is 11.7 Å². The fourth-order valence-electron chi connectivity index (χ4n) is 3.34. The van der Waals surface area contributed by atoms with Crippen molar-refractivity contribution in [3.8, 4) is 0 Å². The highest BCUT2D eigenvalue weighted by atomic mass is 16.1. The summed E-state index contributed by atoms with van der Waals surface area (Å²) in [6.07, 6.45) is 3.11. The minimum Gasteiger partial charge on any atom is -0.297 e. The first-order chi connectivity index (χ1) is 9.98. The third kappa shape index (κ3) is 3.54. The van der Waals surface area contributed by atoms with Crippen molar-refractivity contribution in [2.24, 2.45) is 7.05 Å². The maximum absolute atomic E-state index is 13.0. The summed E-state index contributed by atoms with van der Waals surface area (Å²) in [5.41, 5.74) is 1.75. The second-order valence-electron chi connectivity index (χ2n) is 5.62. The molecule has 0 amide bonds. The third-order valence-corrected chi connectivity index (χ3v) is 4.79. The van der Waals surface area contributed by atoms with Gasteiger partial charge in [0, 0.05) is 12.7 Å². The molecule has 0 atom stereocenters. The highest BCUT2D eigenvalue weighted by Crippen LogP contribution is 2.27. The van der Waals surface area contributed by atoms with Gasteiger partial charge in [0.2, 0.25) is 0 Å². The fourth-order valence-corrected chi connectivity index (χ4v) is 3.34. The van der Waals surface area contributed by atoms with Gasteiger partial charge >= 0.3 is 0 Å². The topological polar surface area (TPSA) is 38.1 Å². The summed E-state index contributed by atoms with van der Waals surface area (Å²) in [7, 11) is 1.93. The van der Waals surface area contributed by atoms with Crippen LogP contribution in [0.3, 0.4) is 0 Å². The van der Waals surface area contributed by atoms with E-state index in [1.165, 1.54) is 0 Å². The molecule has 0 aromatic carbocycles. The van der Waals surface area contributed by atoms with Crippen LogP contribution in [-0.2, 0) is 24.7 Å². The Hall–Kier alpha value is -1.16. The molecule has 0 unspecified atom stereocenters. The number of hydrogen-bond acceptors (Lipinski definition) is 3. The number of aromatic nitrogens is 2. The van der Waals surface area contributed by atoms with E-state index in [2.05, 4.69) is 50.7 Å². The average Bonchev–Trinajstić information content (AvgIpc) is 2.85. The lowest BCUT2D eigenvalue weighted by Gasteiger charge is -2.41. The summed E-state index contributed by atoms with van der Waals surface area (Å²) in [4.78, 5) is 15.3. The van der Waals surface area contributed by atoms with Crippen LogP contribution in [0.2, 0.25) is 0 Å². The zero-order chi connectivity index (χ0) is 16.0. The number of aryl methyl sites for hydroxylation is 2. The van der Waals surface area contributed by atoms with E-state index in [9.17, 15) is 4.79 Å². The summed E-state index contributed by atoms with van der Waals surface area (Å²) in [5, 5.41) is 4.45. The van der Waals surface area contributed by atoms with Crippen molar-refractivity contribution in [2.45, 2.75) is 65.8 Å². The molecule has 120 valence electrons. The van der Waals surface area contributed by atoms with Gasteiger partial charge in [0.15, 0.2) is 5.78 Å². The van der Waals surface area contributed by atoms with Gasteiger partial charge in [0.25, 0.3) is 0 Å². The molecule has 0 spiro atoms. The Labute approximate surface area is 129 Å². The number of carbonyl (C=O) groups excluding carboxylic acids is 1. The van der Waals surface area contributed by atoms with Crippen molar-refractivity contribution < 1.29 is 4.79 Å². The van der Waals surface area contributed by atoms with Gasteiger partial charge in [-0.15, -0.1) is 0 Å². The van der Waals surface area contributed by atoms with Crippen molar-refractivity contribution in [2.75, 3.05) is 13.1 Å². The molecule has 0 fully saturated rings. The number of rotatable bonds is 9. The SMILES string of the molecule is CCc1cc(CC(=O)C(CC)(CC)N(CC)CC)n(C)n1. The van der Waals surface area contributed by atoms with Crippen molar-refractivity contribution >= 4 is 5.78 Å². The second kappa shape index (κ2) is 7.74. The lowest BCUT2D eigenvalue weighted by molar-refractivity contribution is -0.131. The number of nitrogens with zero attached hydrogens (tertiary/aromatic N) is 3. The van der Waals surface area contributed by atoms with Crippen molar-refractivity contribution in [3.63, 3.8) is 0 Å². The molecule has 21 heavy (non-hydrogen) atoms. The van der Waals surface area contributed by atoms with Gasteiger partial charge in [0.1, 0.15) is 0 Å². The molecule has 0 aliphatic heterocycles. The highest BCUT2D eigenvalue weighted by molar-refractivity contribution is 5.90. The van der Waals surface area contributed by atoms with Gasteiger partial charge in [-0.3, -0.25) is 14.4 Å². The predicted octanol–water partition coefficient (Wildman–Crippen LogP) is 2.99. The summed E-state index contributed by atoms with van der Waals surface area (Å²) < 4.78 is 1.86. The third-order valence-electron chi connectivity index (χ3n) is 4.79. The molecule has 0 aliphatic carbocycles. The smallest absolute Gasteiger partial charge is 0.158 e. The number of Topliss-reactive ketones (excluding diaryl/α,β-unsaturated/α-hetero) is 1. The predicted molar refractivity (Wildman–Crippen MR) is 87.5 cm³/mol. The molecule has 1 heterocycles. The van der Waals surface area contributed by atoms with Crippen molar-refractivity contribution in [3.05, 3.63) is 17.5 Å². The van der Waals surface area contributed by atoms with Gasteiger partial charge in [-0.25, -0.2) is 0 Å². The van der Waals surface area contributed by atoms with E-state index in [4.69, 9.17) is 0 Å². The zero-order valence-corrected chi connectivity index (χ0v) is 14.6. The first kappa shape index (κ1) is 17.9. The first-order valence-electron chi connectivity index (χ1n) is 8.29. The van der Waals surface area contributed by atoms with E-state index in [0.29, 0.717) is 12.2 Å². The first-order valence-corrected chi connectivity index (χ1v) is 8.29. The summed E-state index contributed by atoms with van der Waals surface area (Å²) >= 11 is 0. The molecule has 4 heteroatoms. The van der Waals surface area contributed by atoms with E-state index >= 15 is 0 Å². The number of carbonyl (C=O) groups is 1. The van der Waals surface area contributed by atoms with Crippen LogP contribution in [0.4, 0.5) is 0 Å². The molecule has 1 rings (SSSR count). The van der Waals surface area contributed by atoms with E-state index in [0.717, 1.165) is 43.7 Å². The van der Waals surface area contributed by atoms with Crippen LogP contribution in [0, 0.1) is 0 Å². The quantitative estimate of drug-likeness (QED) is 0.702. The second-order valence-corrected chi connectivity index (χ2v) is 5.62. The van der Waals surface area contributed by atoms with Crippen LogP contribution >= 0.6 is 0 Å². The van der Waals surface area contributed by atoms with E-state index in [1.54, 1.807) is 0 Å². The number of ketones is 1. The van der Waals surface area contributed by atoms with Crippen LogP contribution in [0.25, 0.3) is 0 Å². The minimum atomic E-state index is -0.333. The minimum absolute atomic E-state index is 0.321. The van der Waals surface area contributed by atoms with Crippen LogP contribution in [0.5, 0.6) is 0 Å². The molecule has 0 radical (unpaired) electrons. The number of hydrogen-bond donors (Lipinski definition) is 0. The maximum atomic E-state index is 13.0. The van der Waals surface area contributed by atoms with Crippen molar-refractivity contribution in [1.29, 1.82) is 0 Å². The summed E-state index contributed by atoms with van der Waals surface area (Å²) in [5.74, 6) is 0.321. The Kier molecular flexibility index (Phi) is 6.59. The maximum Gasteiger partial charge on any atom is 0.158 e. The number of likely N-dealkylation sites (N-methyl/N-ethyl adjacent to an activating group) is 1. The molecular weight excluding hydrogens is 262 g/mol. The largest absolute Gasteiger partial charge is 0.297 e. The van der Waals surface area contributed by atoms with Crippen LogP contribution in [0.1, 0.15) is 58.8 Å². The molecule has 0 saturated heterocycles. The standard InChI is InChI=1S/C17H31N3O/c1-7-14-12-15(19(6)18-14)13-16(21)17(8-2,9-3)20(10-4)11-5/h12H,7-11,13H2,1-6H3. The summed E-state index contributed by atoms with van der Waals surface area (Å²) in [6.45, 7) is 12.4. The van der Waals surface area contributed by atoms with E-state index < -0.39 is 0 Å². The lowest BCUT2D eigenvalue weighted by atomic mass is 9.83. The molecule has 0 bridgehead atoms. The van der Waals surface area contributed by atoms with Crippen molar-refractivity contribution in [1.82, 2.24) is 14.7 Å².